The second-order valence-corrected chi connectivity index (χ2v) is 11.3. The largest absolute Gasteiger partial charge is 0.455 e. The highest BCUT2D eigenvalue weighted by molar-refractivity contribution is 5.91. The topological polar surface area (TPSA) is 56.3 Å². The van der Waals surface area contributed by atoms with E-state index in [2.05, 4.69) is 25.8 Å². The van der Waals surface area contributed by atoms with E-state index in [0.717, 1.165) is 44.9 Å². The summed E-state index contributed by atoms with van der Waals surface area (Å²) in [4.78, 5) is 29.4. The number of allylic oxidation sites excluding steroid dienone is 1. The summed E-state index contributed by atoms with van der Waals surface area (Å²) in [5, 5.41) is 0. The molecule has 4 nitrogen and oxygen atoms in total. The molecule has 0 N–H and O–H groups in total. The molecule has 0 aliphatic heterocycles. The van der Waals surface area contributed by atoms with Gasteiger partial charge in [-0.05, 0) is 92.7 Å². The Morgan fingerprint density at radius 2 is 1.94 bits per heavy atom. The van der Waals surface area contributed by atoms with Crippen LogP contribution in [0.1, 0.15) is 95.3 Å². The summed E-state index contributed by atoms with van der Waals surface area (Å²) in [7, 11) is 0. The van der Waals surface area contributed by atoms with Crippen LogP contribution in [0.4, 0.5) is 0 Å². The molecule has 1 aromatic rings. The molecular weight excluding hydrogens is 398 g/mol. The third kappa shape index (κ3) is 3.12. The predicted octanol–water partition coefficient (Wildman–Crippen LogP) is 6.31. The summed E-state index contributed by atoms with van der Waals surface area (Å²) < 4.78 is 6.49. The minimum absolute atomic E-state index is 0.0180. The maximum absolute atomic E-state index is 13.1. The first kappa shape index (κ1) is 21.9. The molecule has 1 heterocycles. The highest BCUT2D eigenvalue weighted by atomic mass is 16.6. The Hall–Kier alpha value is -1.97. The monoisotopic (exact) mass is 435 g/mol. The van der Waals surface area contributed by atoms with Gasteiger partial charge in [-0.1, -0.05) is 32.8 Å². The summed E-state index contributed by atoms with van der Waals surface area (Å²) >= 11 is 0. The van der Waals surface area contributed by atoms with Crippen LogP contribution in [0.2, 0.25) is 0 Å². The summed E-state index contributed by atoms with van der Waals surface area (Å²) in [6.45, 7) is 7.06. The van der Waals surface area contributed by atoms with Crippen molar-refractivity contribution in [1.29, 1.82) is 0 Å². The van der Waals surface area contributed by atoms with Gasteiger partial charge in [-0.2, -0.15) is 0 Å². The van der Waals surface area contributed by atoms with E-state index in [9.17, 15) is 9.59 Å². The van der Waals surface area contributed by atoms with Crippen molar-refractivity contribution in [1.82, 2.24) is 4.98 Å². The highest BCUT2D eigenvalue weighted by Gasteiger charge is 2.65. The Bertz CT molecular complexity index is 939. The van der Waals surface area contributed by atoms with Crippen molar-refractivity contribution in [2.45, 2.75) is 90.6 Å². The third-order valence-electron chi connectivity index (χ3n) is 10.1. The molecule has 32 heavy (non-hydrogen) atoms. The fourth-order valence-corrected chi connectivity index (χ4v) is 8.40. The second kappa shape index (κ2) is 7.81. The number of esters is 1. The lowest BCUT2D eigenvalue weighted by molar-refractivity contribution is -0.137. The van der Waals surface area contributed by atoms with Crippen molar-refractivity contribution in [2.75, 3.05) is 0 Å². The maximum atomic E-state index is 13.1. The summed E-state index contributed by atoms with van der Waals surface area (Å²) in [6, 6.07) is 3.61. The van der Waals surface area contributed by atoms with E-state index in [0.29, 0.717) is 35.5 Å². The van der Waals surface area contributed by atoms with E-state index in [4.69, 9.17) is 4.74 Å². The minimum atomic E-state index is -0.385. The van der Waals surface area contributed by atoms with Crippen LogP contribution >= 0.6 is 0 Å². The van der Waals surface area contributed by atoms with Gasteiger partial charge in [0.1, 0.15) is 5.60 Å². The van der Waals surface area contributed by atoms with Crippen molar-refractivity contribution < 1.29 is 14.3 Å². The third-order valence-corrected chi connectivity index (χ3v) is 10.1. The first-order valence-corrected chi connectivity index (χ1v) is 12.7. The number of carbonyl (C=O) groups is 2. The van der Waals surface area contributed by atoms with E-state index in [1.165, 1.54) is 18.4 Å². The van der Waals surface area contributed by atoms with Gasteiger partial charge in [-0.25, -0.2) is 4.79 Å². The van der Waals surface area contributed by atoms with Crippen LogP contribution in [-0.4, -0.2) is 22.3 Å². The van der Waals surface area contributed by atoms with Gasteiger partial charge in [-0.3, -0.25) is 9.78 Å². The molecule has 4 heteroatoms. The van der Waals surface area contributed by atoms with E-state index in [1.807, 2.05) is 6.08 Å². The Labute approximate surface area is 192 Å². The van der Waals surface area contributed by atoms with E-state index >= 15 is 0 Å². The number of fused-ring (bicyclic) bond motifs is 5. The molecule has 5 rings (SSSR count). The molecule has 0 aromatic carbocycles. The number of hydrogen-bond acceptors (Lipinski definition) is 4. The second-order valence-electron chi connectivity index (χ2n) is 11.3. The number of nitrogens with zero attached hydrogens (tertiary/aromatic N) is 1. The molecular formula is C28H37NO3. The maximum Gasteiger partial charge on any atom is 0.340 e. The standard InChI is InChI=1S/C28H37NO3/c1-4-12-28(32-25(31)19-6-5-16-29-18-19)15-11-24-22-8-7-20-17-21(30)9-13-26(20,2)23(22)10-14-27(24,28)3/h5-6,16-18,22-24H,4,7-15H2,1-3H3/t22-,23-,24+,26+,27+,28?/m1/s1. The number of aromatic nitrogens is 1. The summed E-state index contributed by atoms with van der Waals surface area (Å²) in [5.41, 5.74) is 1.78. The normalized spacial score (nSPS) is 40.7. The van der Waals surface area contributed by atoms with Crippen LogP contribution in [0.5, 0.6) is 0 Å². The number of rotatable bonds is 4. The molecule has 1 aromatic heterocycles. The lowest BCUT2D eigenvalue weighted by atomic mass is 9.46. The molecule has 4 aliphatic rings. The first-order valence-electron chi connectivity index (χ1n) is 12.7. The molecule has 0 bridgehead atoms. The quantitative estimate of drug-likeness (QED) is 0.520. The molecule has 1 unspecified atom stereocenters. The van der Waals surface area contributed by atoms with Crippen LogP contribution in [0.15, 0.2) is 36.2 Å². The van der Waals surface area contributed by atoms with E-state index < -0.39 is 0 Å². The van der Waals surface area contributed by atoms with Crippen LogP contribution in [-0.2, 0) is 9.53 Å². The van der Waals surface area contributed by atoms with Crippen molar-refractivity contribution in [3.8, 4) is 0 Å². The van der Waals surface area contributed by atoms with Gasteiger partial charge in [0.15, 0.2) is 5.78 Å². The molecule has 0 amide bonds. The lowest BCUT2D eigenvalue weighted by Crippen LogP contribution is -2.56. The zero-order chi connectivity index (χ0) is 22.6. The fraction of sp³-hybridized carbons (Fsp3) is 0.679. The van der Waals surface area contributed by atoms with Gasteiger partial charge < -0.3 is 4.74 Å². The van der Waals surface area contributed by atoms with Gasteiger partial charge in [-0.15, -0.1) is 0 Å². The molecule has 6 atom stereocenters. The van der Waals surface area contributed by atoms with Gasteiger partial charge in [0, 0.05) is 24.2 Å². The van der Waals surface area contributed by atoms with Crippen LogP contribution in [0, 0.1) is 28.6 Å². The van der Waals surface area contributed by atoms with Crippen LogP contribution in [0.3, 0.4) is 0 Å². The average molecular weight is 436 g/mol. The van der Waals surface area contributed by atoms with E-state index in [1.54, 1.807) is 24.5 Å². The number of ketones is 1. The smallest absolute Gasteiger partial charge is 0.340 e. The molecule has 3 fully saturated rings. The van der Waals surface area contributed by atoms with Crippen molar-refractivity contribution in [3.05, 3.63) is 41.7 Å². The van der Waals surface area contributed by atoms with Gasteiger partial charge in [0.05, 0.1) is 5.56 Å². The Morgan fingerprint density at radius 1 is 1.12 bits per heavy atom. The molecule has 4 aliphatic carbocycles. The Kier molecular flexibility index (Phi) is 5.34. The fourth-order valence-electron chi connectivity index (χ4n) is 8.40. The summed E-state index contributed by atoms with van der Waals surface area (Å²) in [6.07, 6.45) is 15.6. The minimum Gasteiger partial charge on any atom is -0.455 e. The van der Waals surface area contributed by atoms with Crippen molar-refractivity contribution >= 4 is 11.8 Å². The van der Waals surface area contributed by atoms with Crippen molar-refractivity contribution in [3.63, 3.8) is 0 Å². The molecule has 0 spiro atoms. The zero-order valence-corrected chi connectivity index (χ0v) is 19.9. The SMILES string of the molecule is CCCC1(OC(=O)c2cccnc2)CC[C@H]2[C@@H]3CCC4=CC(=O)CC[C@]4(C)[C@@H]3CC[C@@]21C. The van der Waals surface area contributed by atoms with Gasteiger partial charge in [0.2, 0.25) is 0 Å². The predicted molar refractivity (Wildman–Crippen MR) is 124 cm³/mol. The van der Waals surface area contributed by atoms with Crippen LogP contribution < -0.4 is 0 Å². The van der Waals surface area contributed by atoms with E-state index in [-0.39, 0.29) is 22.4 Å². The van der Waals surface area contributed by atoms with Gasteiger partial charge in [0.25, 0.3) is 0 Å². The number of hydrogen-bond donors (Lipinski definition) is 0. The zero-order valence-electron chi connectivity index (χ0n) is 19.9. The average Bonchev–Trinajstić information content (AvgIpc) is 3.07. The highest BCUT2D eigenvalue weighted by Crippen LogP contribution is 2.69. The molecule has 172 valence electrons. The van der Waals surface area contributed by atoms with Crippen molar-refractivity contribution in [2.24, 2.45) is 28.6 Å². The first-order chi connectivity index (χ1) is 15.3. The summed E-state index contributed by atoms with van der Waals surface area (Å²) in [5.74, 6) is 2.01. The number of pyridine rings is 1. The van der Waals surface area contributed by atoms with Crippen LogP contribution in [0.25, 0.3) is 0 Å². The molecule has 3 saturated carbocycles. The number of carbonyl (C=O) groups excluding carboxylic acids is 2. The number of ether oxygens (including phenoxy) is 1. The Balaban J connectivity index is 1.45. The molecule has 0 saturated heterocycles. The molecule has 0 radical (unpaired) electrons. The lowest BCUT2D eigenvalue weighted by Gasteiger charge is -2.59. The Morgan fingerprint density at radius 3 is 2.69 bits per heavy atom. The van der Waals surface area contributed by atoms with Gasteiger partial charge >= 0.3 is 5.97 Å².